The third kappa shape index (κ3) is 3.76. The lowest BCUT2D eigenvalue weighted by Crippen LogP contribution is -2.27. The average molecular weight is 287 g/mol. The molecule has 1 rings (SSSR count). The number of aryl methyl sites for hydroxylation is 2. The molecule has 5 nitrogen and oxygen atoms in total. The Hall–Kier alpha value is -0.950. The van der Waals surface area contributed by atoms with Crippen LogP contribution in [-0.4, -0.2) is 28.7 Å². The summed E-state index contributed by atoms with van der Waals surface area (Å²) in [4.78, 5) is 7.35. The quantitative estimate of drug-likeness (QED) is 0.640. The molecule has 0 spiro atoms. The molecular weight excluding hydrogens is 266 g/mol. The molecule has 1 N–H and O–H groups in total. The predicted molar refractivity (Wildman–Crippen MR) is 73.5 cm³/mol. The highest BCUT2D eigenvalue weighted by Gasteiger charge is 2.22. The Bertz CT molecular complexity index is 526. The molecule has 0 radical (unpaired) electrons. The molecule has 0 aliphatic heterocycles. The molecule has 0 unspecified atom stereocenters. The fourth-order valence-corrected chi connectivity index (χ4v) is 3.32. The van der Waals surface area contributed by atoms with Crippen molar-refractivity contribution in [2.75, 3.05) is 20.3 Å². The van der Waals surface area contributed by atoms with Gasteiger partial charge in [-0.3, -0.25) is 4.84 Å². The number of nitrogens with one attached hydrogen (secondary N) is 1. The second kappa shape index (κ2) is 6.47. The van der Waals surface area contributed by atoms with Crippen LogP contribution in [0, 0.1) is 27.7 Å². The molecule has 19 heavy (non-hydrogen) atoms. The first-order valence-corrected chi connectivity index (χ1v) is 7.49. The molecule has 1 aromatic carbocycles. The second-order valence-electron chi connectivity index (χ2n) is 4.52. The Kier molecular flexibility index (Phi) is 5.49. The lowest BCUT2D eigenvalue weighted by Gasteiger charge is -2.15. The SMILES string of the molecule is COCCONS(=O)(=O)c1c(C)c(C)cc(C)c1C. The van der Waals surface area contributed by atoms with Crippen LogP contribution in [0.3, 0.4) is 0 Å². The predicted octanol–water partition coefficient (Wildman–Crippen LogP) is 1.78. The van der Waals surface area contributed by atoms with Gasteiger partial charge in [-0.05, 0) is 49.9 Å². The Labute approximate surface area is 114 Å². The van der Waals surface area contributed by atoms with Crippen molar-refractivity contribution in [3.63, 3.8) is 0 Å². The van der Waals surface area contributed by atoms with Crippen LogP contribution in [0.15, 0.2) is 11.0 Å². The number of methoxy groups -OCH3 is 1. The van der Waals surface area contributed by atoms with Gasteiger partial charge in [-0.15, -0.1) is 0 Å². The topological polar surface area (TPSA) is 64.6 Å². The van der Waals surface area contributed by atoms with Gasteiger partial charge in [0.05, 0.1) is 18.1 Å². The van der Waals surface area contributed by atoms with E-state index in [1.165, 1.54) is 7.11 Å². The Morgan fingerprint density at radius 1 is 1.05 bits per heavy atom. The summed E-state index contributed by atoms with van der Waals surface area (Å²) in [6, 6.07) is 1.98. The van der Waals surface area contributed by atoms with Crippen molar-refractivity contribution in [3.8, 4) is 0 Å². The van der Waals surface area contributed by atoms with E-state index < -0.39 is 10.0 Å². The van der Waals surface area contributed by atoms with E-state index in [0.717, 1.165) is 22.3 Å². The summed E-state index contributed by atoms with van der Waals surface area (Å²) in [6.45, 7) is 7.88. The van der Waals surface area contributed by atoms with Gasteiger partial charge >= 0.3 is 0 Å². The van der Waals surface area contributed by atoms with Crippen LogP contribution in [0.5, 0.6) is 0 Å². The summed E-state index contributed by atoms with van der Waals surface area (Å²) in [5.41, 5.74) is 3.37. The minimum atomic E-state index is -3.67. The Balaban J connectivity index is 3.08. The minimum absolute atomic E-state index is 0.165. The number of hydrogen-bond acceptors (Lipinski definition) is 4. The van der Waals surface area contributed by atoms with Gasteiger partial charge < -0.3 is 4.74 Å². The normalized spacial score (nSPS) is 11.8. The van der Waals surface area contributed by atoms with Gasteiger partial charge in [0.1, 0.15) is 0 Å². The fraction of sp³-hybridized carbons (Fsp3) is 0.538. The molecule has 0 bridgehead atoms. The van der Waals surface area contributed by atoms with Crippen molar-refractivity contribution >= 4 is 10.0 Å². The molecule has 0 fully saturated rings. The van der Waals surface area contributed by atoms with Crippen LogP contribution in [0.25, 0.3) is 0 Å². The summed E-state index contributed by atoms with van der Waals surface area (Å²) in [6.07, 6.45) is 0. The van der Waals surface area contributed by atoms with E-state index in [0.29, 0.717) is 11.5 Å². The number of sulfonamides is 1. The molecule has 0 aliphatic rings. The van der Waals surface area contributed by atoms with E-state index in [-0.39, 0.29) is 6.61 Å². The lowest BCUT2D eigenvalue weighted by atomic mass is 10.0. The van der Waals surface area contributed by atoms with E-state index >= 15 is 0 Å². The molecule has 0 saturated carbocycles. The number of benzene rings is 1. The smallest absolute Gasteiger partial charge is 0.263 e. The molecule has 0 atom stereocenters. The molecule has 0 amide bonds. The molecule has 108 valence electrons. The maximum atomic E-state index is 12.3. The minimum Gasteiger partial charge on any atom is -0.382 e. The fourth-order valence-electron chi connectivity index (χ4n) is 1.87. The highest BCUT2D eigenvalue weighted by molar-refractivity contribution is 7.89. The largest absolute Gasteiger partial charge is 0.382 e. The van der Waals surface area contributed by atoms with Crippen molar-refractivity contribution in [2.24, 2.45) is 0 Å². The molecule has 0 aromatic heterocycles. The van der Waals surface area contributed by atoms with E-state index in [4.69, 9.17) is 9.57 Å². The molecule has 0 saturated heterocycles. The van der Waals surface area contributed by atoms with Gasteiger partial charge in [-0.2, -0.15) is 0 Å². The van der Waals surface area contributed by atoms with Crippen LogP contribution < -0.4 is 4.89 Å². The zero-order valence-electron chi connectivity index (χ0n) is 12.0. The van der Waals surface area contributed by atoms with Gasteiger partial charge in [0, 0.05) is 7.11 Å². The zero-order chi connectivity index (χ0) is 14.6. The van der Waals surface area contributed by atoms with Crippen LogP contribution >= 0.6 is 0 Å². The Morgan fingerprint density at radius 2 is 1.58 bits per heavy atom. The molecule has 0 aliphatic carbocycles. The van der Waals surface area contributed by atoms with E-state index in [1.54, 1.807) is 13.8 Å². The van der Waals surface area contributed by atoms with Gasteiger partial charge in [-0.1, -0.05) is 11.0 Å². The maximum absolute atomic E-state index is 12.3. The maximum Gasteiger partial charge on any atom is 0.263 e. The van der Waals surface area contributed by atoms with Crippen LogP contribution in [0.1, 0.15) is 22.3 Å². The number of rotatable bonds is 6. The van der Waals surface area contributed by atoms with Gasteiger partial charge in [0.25, 0.3) is 10.0 Å². The first-order valence-electron chi connectivity index (χ1n) is 6.01. The highest BCUT2D eigenvalue weighted by Crippen LogP contribution is 2.25. The molecule has 6 heteroatoms. The monoisotopic (exact) mass is 287 g/mol. The van der Waals surface area contributed by atoms with Crippen molar-refractivity contribution in [1.29, 1.82) is 0 Å². The van der Waals surface area contributed by atoms with Crippen LogP contribution in [0.2, 0.25) is 0 Å². The zero-order valence-corrected chi connectivity index (χ0v) is 12.8. The lowest BCUT2D eigenvalue weighted by molar-refractivity contribution is 0.0438. The van der Waals surface area contributed by atoms with Crippen molar-refractivity contribution < 1.29 is 18.0 Å². The van der Waals surface area contributed by atoms with Gasteiger partial charge in [-0.25, -0.2) is 8.42 Å². The average Bonchev–Trinajstić information content (AvgIpc) is 2.32. The number of ether oxygens (including phenoxy) is 1. The van der Waals surface area contributed by atoms with Crippen LogP contribution in [-0.2, 0) is 19.6 Å². The molecular formula is C13H21NO4S. The van der Waals surface area contributed by atoms with Crippen molar-refractivity contribution in [2.45, 2.75) is 32.6 Å². The van der Waals surface area contributed by atoms with E-state index in [2.05, 4.69) is 4.89 Å². The van der Waals surface area contributed by atoms with Gasteiger partial charge in [0.2, 0.25) is 0 Å². The van der Waals surface area contributed by atoms with E-state index in [9.17, 15) is 8.42 Å². The highest BCUT2D eigenvalue weighted by atomic mass is 32.2. The standard InChI is InChI=1S/C13H21NO4S/c1-9-8-10(2)12(4)13(11(9)3)19(15,16)14-18-7-6-17-5/h8,14H,6-7H2,1-5H3. The van der Waals surface area contributed by atoms with Crippen molar-refractivity contribution in [1.82, 2.24) is 4.89 Å². The third-order valence-electron chi connectivity index (χ3n) is 3.12. The van der Waals surface area contributed by atoms with Crippen molar-refractivity contribution in [3.05, 3.63) is 28.3 Å². The Morgan fingerprint density at radius 3 is 2.05 bits per heavy atom. The summed E-state index contributed by atoms with van der Waals surface area (Å²) in [7, 11) is -2.15. The number of hydrogen-bond donors (Lipinski definition) is 1. The first-order chi connectivity index (χ1) is 8.81. The third-order valence-corrected chi connectivity index (χ3v) is 4.61. The summed E-state index contributed by atoms with van der Waals surface area (Å²) < 4.78 is 29.3. The van der Waals surface area contributed by atoms with Gasteiger partial charge in [0.15, 0.2) is 0 Å². The first kappa shape index (κ1) is 16.1. The van der Waals surface area contributed by atoms with Crippen LogP contribution in [0.4, 0.5) is 0 Å². The summed E-state index contributed by atoms with van der Waals surface area (Å²) in [5, 5.41) is 0. The molecule has 1 aromatic rings. The second-order valence-corrected chi connectivity index (χ2v) is 6.10. The summed E-state index contributed by atoms with van der Waals surface area (Å²) >= 11 is 0. The van der Waals surface area contributed by atoms with E-state index in [1.807, 2.05) is 19.9 Å². The molecule has 0 heterocycles. The summed E-state index contributed by atoms with van der Waals surface area (Å²) in [5.74, 6) is 0.